The predicted molar refractivity (Wildman–Crippen MR) is 97.3 cm³/mol. The van der Waals surface area contributed by atoms with E-state index in [1.54, 1.807) is 36.8 Å². The lowest BCUT2D eigenvalue weighted by atomic mass is 10.1. The molecule has 128 valence electrons. The summed E-state index contributed by atoms with van der Waals surface area (Å²) < 4.78 is 27.5. The maximum absolute atomic E-state index is 12.4. The summed E-state index contributed by atoms with van der Waals surface area (Å²) in [7, 11) is -3.54. The van der Waals surface area contributed by atoms with E-state index < -0.39 is 10.0 Å². The molecular weight excluding hydrogens is 334 g/mol. The topological polar surface area (TPSA) is 72.0 Å². The molecule has 0 aliphatic rings. The van der Waals surface area contributed by atoms with Crippen molar-refractivity contribution < 1.29 is 8.42 Å². The number of pyridine rings is 2. The van der Waals surface area contributed by atoms with Crippen molar-refractivity contribution in [3.8, 4) is 11.3 Å². The van der Waals surface area contributed by atoms with E-state index in [-0.39, 0.29) is 11.4 Å². The van der Waals surface area contributed by atoms with Crippen LogP contribution < -0.4 is 4.72 Å². The maximum Gasteiger partial charge on any atom is 0.240 e. The molecule has 0 saturated carbocycles. The van der Waals surface area contributed by atoms with Crippen molar-refractivity contribution in [2.24, 2.45) is 0 Å². The van der Waals surface area contributed by atoms with Gasteiger partial charge in [0.15, 0.2) is 0 Å². The first kappa shape index (κ1) is 17.3. The third-order valence-electron chi connectivity index (χ3n) is 3.91. The molecule has 0 unspecified atom stereocenters. The van der Waals surface area contributed by atoms with E-state index >= 15 is 0 Å². The van der Waals surface area contributed by atoms with Crippen molar-refractivity contribution in [3.05, 3.63) is 78.2 Å². The first-order valence-corrected chi connectivity index (χ1v) is 9.51. The number of aromatic nitrogens is 2. The lowest BCUT2D eigenvalue weighted by Crippen LogP contribution is -2.23. The molecule has 1 aromatic carbocycles. The second-order valence-corrected chi connectivity index (χ2v) is 7.37. The Bertz CT molecular complexity index is 940. The quantitative estimate of drug-likeness (QED) is 0.739. The Hall–Kier alpha value is -2.57. The Labute approximate surface area is 147 Å². The van der Waals surface area contributed by atoms with E-state index in [2.05, 4.69) is 14.7 Å². The summed E-state index contributed by atoms with van der Waals surface area (Å²) in [5, 5.41) is 0. The Morgan fingerprint density at radius 2 is 1.64 bits per heavy atom. The first-order chi connectivity index (χ1) is 12.1. The number of nitrogens with zero attached hydrogens (tertiary/aromatic N) is 2. The van der Waals surface area contributed by atoms with Gasteiger partial charge >= 0.3 is 0 Å². The largest absolute Gasteiger partial charge is 0.265 e. The predicted octanol–water partition coefficient (Wildman–Crippen LogP) is 3.18. The average Bonchev–Trinajstić information content (AvgIpc) is 2.67. The van der Waals surface area contributed by atoms with E-state index in [1.807, 2.05) is 37.3 Å². The lowest BCUT2D eigenvalue weighted by molar-refractivity contribution is 0.581. The maximum atomic E-state index is 12.4. The molecule has 0 aliphatic carbocycles. The zero-order valence-corrected chi connectivity index (χ0v) is 14.7. The van der Waals surface area contributed by atoms with Crippen LogP contribution in [0.2, 0.25) is 0 Å². The summed E-state index contributed by atoms with van der Waals surface area (Å²) in [6.45, 7) is 2.24. The molecule has 3 rings (SSSR count). The Morgan fingerprint density at radius 1 is 0.920 bits per heavy atom. The lowest BCUT2D eigenvalue weighted by Gasteiger charge is -2.08. The number of aryl methyl sites for hydroxylation is 1. The summed E-state index contributed by atoms with van der Waals surface area (Å²) in [5.74, 6) is 0. The average molecular weight is 353 g/mol. The highest BCUT2D eigenvalue weighted by atomic mass is 32.2. The van der Waals surface area contributed by atoms with Crippen molar-refractivity contribution >= 4 is 10.0 Å². The van der Waals surface area contributed by atoms with Gasteiger partial charge in [0.25, 0.3) is 0 Å². The number of nitrogens with one attached hydrogen (secondary N) is 1. The zero-order valence-electron chi connectivity index (χ0n) is 13.9. The van der Waals surface area contributed by atoms with Crippen LogP contribution in [0, 0.1) is 0 Å². The van der Waals surface area contributed by atoms with Gasteiger partial charge in [-0.15, -0.1) is 0 Å². The van der Waals surface area contributed by atoms with Gasteiger partial charge in [0, 0.05) is 30.7 Å². The molecule has 0 atom stereocenters. The van der Waals surface area contributed by atoms with Crippen LogP contribution in [0.3, 0.4) is 0 Å². The highest BCUT2D eigenvalue weighted by molar-refractivity contribution is 7.89. The number of benzene rings is 1. The number of hydrogen-bond donors (Lipinski definition) is 1. The van der Waals surface area contributed by atoms with Gasteiger partial charge in [-0.3, -0.25) is 9.97 Å². The van der Waals surface area contributed by atoms with Crippen molar-refractivity contribution in [2.75, 3.05) is 0 Å². The molecule has 0 saturated heterocycles. The fourth-order valence-electron chi connectivity index (χ4n) is 2.43. The minimum Gasteiger partial charge on any atom is -0.265 e. The van der Waals surface area contributed by atoms with Gasteiger partial charge in [-0.1, -0.05) is 19.1 Å². The molecular formula is C19H19N3O2S. The number of sulfonamides is 1. The van der Waals surface area contributed by atoms with Crippen LogP contribution >= 0.6 is 0 Å². The van der Waals surface area contributed by atoms with Gasteiger partial charge in [0.1, 0.15) is 0 Å². The fourth-order valence-corrected chi connectivity index (χ4v) is 3.45. The molecule has 3 aromatic rings. The summed E-state index contributed by atoms with van der Waals surface area (Å²) in [4.78, 5) is 8.59. The van der Waals surface area contributed by atoms with E-state index in [4.69, 9.17) is 0 Å². The molecule has 0 fully saturated rings. The van der Waals surface area contributed by atoms with E-state index in [0.717, 1.165) is 28.8 Å². The summed E-state index contributed by atoms with van der Waals surface area (Å²) in [5.41, 5.74) is 3.67. The van der Waals surface area contributed by atoms with E-state index in [9.17, 15) is 8.42 Å². The molecule has 25 heavy (non-hydrogen) atoms. The SMILES string of the molecule is CCc1ccc(S(=O)(=O)NCc2ccnc(-c3ccncc3)c2)cc1. The molecule has 0 bridgehead atoms. The van der Waals surface area contributed by atoms with Gasteiger partial charge < -0.3 is 0 Å². The minimum absolute atomic E-state index is 0.207. The molecule has 0 radical (unpaired) electrons. The first-order valence-electron chi connectivity index (χ1n) is 8.02. The Morgan fingerprint density at radius 3 is 2.32 bits per heavy atom. The van der Waals surface area contributed by atoms with Crippen molar-refractivity contribution in [1.82, 2.24) is 14.7 Å². The number of rotatable bonds is 6. The number of hydrogen-bond acceptors (Lipinski definition) is 4. The summed E-state index contributed by atoms with van der Waals surface area (Å²) in [6.07, 6.45) is 5.96. The minimum atomic E-state index is -3.54. The van der Waals surface area contributed by atoms with Gasteiger partial charge in [0.05, 0.1) is 10.6 Å². The van der Waals surface area contributed by atoms with Gasteiger partial charge in [-0.25, -0.2) is 13.1 Å². The molecule has 1 N–H and O–H groups in total. The highest BCUT2D eigenvalue weighted by Crippen LogP contribution is 2.17. The Kier molecular flexibility index (Phi) is 5.21. The van der Waals surface area contributed by atoms with Gasteiger partial charge in [0.2, 0.25) is 10.0 Å². The van der Waals surface area contributed by atoms with E-state index in [1.165, 1.54) is 0 Å². The van der Waals surface area contributed by atoms with Crippen LogP contribution in [0.5, 0.6) is 0 Å². The van der Waals surface area contributed by atoms with Crippen LogP contribution in [0.25, 0.3) is 11.3 Å². The van der Waals surface area contributed by atoms with Gasteiger partial charge in [-0.2, -0.15) is 0 Å². The third-order valence-corrected chi connectivity index (χ3v) is 5.33. The molecule has 0 spiro atoms. The van der Waals surface area contributed by atoms with Crippen LogP contribution in [0.15, 0.2) is 72.0 Å². The Balaban J connectivity index is 1.74. The van der Waals surface area contributed by atoms with Crippen LogP contribution in [-0.2, 0) is 23.0 Å². The van der Waals surface area contributed by atoms with Crippen molar-refractivity contribution in [3.63, 3.8) is 0 Å². The molecule has 5 nitrogen and oxygen atoms in total. The summed E-state index contributed by atoms with van der Waals surface area (Å²) >= 11 is 0. The van der Waals surface area contributed by atoms with Crippen molar-refractivity contribution in [2.45, 2.75) is 24.8 Å². The van der Waals surface area contributed by atoms with Crippen molar-refractivity contribution in [1.29, 1.82) is 0 Å². The van der Waals surface area contributed by atoms with Crippen LogP contribution in [0.4, 0.5) is 0 Å². The van der Waals surface area contributed by atoms with Gasteiger partial charge in [-0.05, 0) is 53.9 Å². The monoisotopic (exact) mass is 353 g/mol. The second kappa shape index (κ2) is 7.55. The molecule has 6 heteroatoms. The zero-order chi connectivity index (χ0) is 17.7. The fraction of sp³-hybridized carbons (Fsp3) is 0.158. The molecule has 2 aromatic heterocycles. The van der Waals surface area contributed by atoms with Crippen LogP contribution in [0.1, 0.15) is 18.1 Å². The summed E-state index contributed by atoms with van der Waals surface area (Å²) in [6, 6.07) is 14.3. The van der Waals surface area contributed by atoms with E-state index in [0.29, 0.717) is 0 Å². The normalized spacial score (nSPS) is 11.4. The smallest absolute Gasteiger partial charge is 0.240 e. The molecule has 0 aliphatic heterocycles. The standard InChI is InChI=1S/C19H19N3O2S/c1-2-15-3-5-18(6-4-15)25(23,24)22-14-16-7-12-21-19(13-16)17-8-10-20-11-9-17/h3-13,22H,2,14H2,1H3. The highest BCUT2D eigenvalue weighted by Gasteiger charge is 2.13. The second-order valence-electron chi connectivity index (χ2n) is 5.61. The molecule has 2 heterocycles. The molecule has 0 amide bonds. The third kappa shape index (κ3) is 4.29. The van der Waals surface area contributed by atoms with Crippen LogP contribution in [-0.4, -0.2) is 18.4 Å².